The highest BCUT2D eigenvalue weighted by molar-refractivity contribution is 6.29. The molecular weight excluding hydrogens is 460 g/mol. The van der Waals surface area contributed by atoms with Crippen molar-refractivity contribution in [2.75, 3.05) is 30.9 Å². The number of nitrogens with zero attached hydrogens (tertiary/aromatic N) is 5. The standard InChI is InChI=1S/C27H29ClN6O/c1-4-33(2)26-21-12-8-11-20(18-9-6-5-7-10-18)25(21)31-27(32-26)30-19-13-14-22(23(15-19)35-3)34-16-24(28)29-17-34/h5-7,9-10,13-17,20H,4,8,11-12H2,1-3H3,(H,30,31,32). The average Bonchev–Trinajstić information content (AvgIpc) is 3.33. The molecule has 180 valence electrons. The predicted octanol–water partition coefficient (Wildman–Crippen LogP) is 5.99. The second-order valence-electron chi connectivity index (χ2n) is 8.72. The highest BCUT2D eigenvalue weighted by atomic mass is 35.5. The first kappa shape index (κ1) is 23.2. The summed E-state index contributed by atoms with van der Waals surface area (Å²) < 4.78 is 7.48. The minimum absolute atomic E-state index is 0.260. The molecule has 8 heteroatoms. The van der Waals surface area contributed by atoms with Gasteiger partial charge in [-0.25, -0.2) is 9.97 Å². The van der Waals surface area contributed by atoms with Crippen LogP contribution in [0.2, 0.25) is 5.15 Å². The molecule has 0 radical (unpaired) electrons. The summed E-state index contributed by atoms with van der Waals surface area (Å²) in [5, 5.41) is 3.85. The molecule has 0 spiro atoms. The van der Waals surface area contributed by atoms with Crippen molar-refractivity contribution in [1.82, 2.24) is 19.5 Å². The van der Waals surface area contributed by atoms with Crippen molar-refractivity contribution >= 4 is 29.1 Å². The summed E-state index contributed by atoms with van der Waals surface area (Å²) in [5.74, 6) is 2.53. The van der Waals surface area contributed by atoms with Crippen LogP contribution in [0.15, 0.2) is 61.1 Å². The summed E-state index contributed by atoms with van der Waals surface area (Å²) in [6.07, 6.45) is 6.61. The number of anilines is 3. The number of methoxy groups -OCH3 is 1. The number of halogens is 1. The number of imidazole rings is 1. The van der Waals surface area contributed by atoms with Gasteiger partial charge in [-0.3, -0.25) is 0 Å². The molecule has 1 N–H and O–H groups in total. The number of ether oxygens (including phenoxy) is 1. The summed E-state index contributed by atoms with van der Waals surface area (Å²) in [4.78, 5) is 16.3. The quantitative estimate of drug-likeness (QED) is 0.344. The maximum Gasteiger partial charge on any atom is 0.229 e. The Morgan fingerprint density at radius 1 is 1.17 bits per heavy atom. The minimum Gasteiger partial charge on any atom is -0.494 e. The molecule has 2 aromatic heterocycles. The molecule has 35 heavy (non-hydrogen) atoms. The van der Waals surface area contributed by atoms with E-state index in [1.54, 1.807) is 19.6 Å². The van der Waals surface area contributed by atoms with Gasteiger partial charge in [0.1, 0.15) is 23.0 Å². The predicted molar refractivity (Wildman–Crippen MR) is 141 cm³/mol. The number of nitrogens with one attached hydrogen (secondary N) is 1. The SMILES string of the molecule is CCN(C)c1nc(Nc2ccc(-n3cnc(Cl)c3)c(OC)c2)nc2c1CCCC2c1ccccc1. The molecule has 2 aromatic carbocycles. The Hall–Kier alpha value is -3.58. The largest absolute Gasteiger partial charge is 0.494 e. The summed E-state index contributed by atoms with van der Waals surface area (Å²) in [6, 6.07) is 16.5. The number of hydrogen-bond acceptors (Lipinski definition) is 6. The Balaban J connectivity index is 1.54. The fourth-order valence-electron chi connectivity index (χ4n) is 4.70. The Morgan fingerprint density at radius 2 is 2.00 bits per heavy atom. The number of hydrogen-bond donors (Lipinski definition) is 1. The molecule has 5 rings (SSSR count). The molecule has 1 unspecified atom stereocenters. The van der Waals surface area contributed by atoms with Gasteiger partial charge in [-0.05, 0) is 43.9 Å². The highest BCUT2D eigenvalue weighted by Gasteiger charge is 2.28. The molecule has 1 aliphatic carbocycles. The van der Waals surface area contributed by atoms with Gasteiger partial charge in [-0.2, -0.15) is 4.98 Å². The zero-order chi connectivity index (χ0) is 24.4. The van der Waals surface area contributed by atoms with Crippen LogP contribution >= 0.6 is 11.6 Å². The van der Waals surface area contributed by atoms with Crippen LogP contribution in [-0.4, -0.2) is 40.2 Å². The first-order chi connectivity index (χ1) is 17.1. The van der Waals surface area contributed by atoms with Gasteiger partial charge in [0.05, 0.1) is 18.5 Å². The molecule has 4 aromatic rings. The van der Waals surface area contributed by atoms with Gasteiger partial charge in [0, 0.05) is 43.0 Å². The van der Waals surface area contributed by atoms with E-state index in [0.717, 1.165) is 48.7 Å². The Bertz CT molecular complexity index is 1320. The van der Waals surface area contributed by atoms with Gasteiger partial charge in [-0.1, -0.05) is 41.9 Å². The molecular formula is C27H29ClN6O. The molecule has 7 nitrogen and oxygen atoms in total. The third-order valence-electron chi connectivity index (χ3n) is 6.57. The van der Waals surface area contributed by atoms with Crippen molar-refractivity contribution < 1.29 is 4.74 Å². The normalized spacial score (nSPS) is 14.9. The zero-order valence-electron chi connectivity index (χ0n) is 20.2. The molecule has 0 aliphatic heterocycles. The fraction of sp³-hybridized carbons (Fsp3) is 0.296. The van der Waals surface area contributed by atoms with Gasteiger partial charge in [0.15, 0.2) is 0 Å². The van der Waals surface area contributed by atoms with Crippen LogP contribution in [0.25, 0.3) is 5.69 Å². The second kappa shape index (κ2) is 9.96. The van der Waals surface area contributed by atoms with Crippen LogP contribution in [0.1, 0.15) is 42.5 Å². The lowest BCUT2D eigenvalue weighted by Crippen LogP contribution is -2.24. The molecule has 0 saturated carbocycles. The summed E-state index contributed by atoms with van der Waals surface area (Å²) in [6.45, 7) is 3.01. The summed E-state index contributed by atoms with van der Waals surface area (Å²) >= 11 is 6.01. The van der Waals surface area contributed by atoms with Gasteiger partial charge >= 0.3 is 0 Å². The Labute approximate surface area is 210 Å². The molecule has 0 saturated heterocycles. The molecule has 1 aliphatic rings. The zero-order valence-corrected chi connectivity index (χ0v) is 21.0. The fourth-order valence-corrected chi connectivity index (χ4v) is 4.85. The van der Waals surface area contributed by atoms with E-state index < -0.39 is 0 Å². The maximum absolute atomic E-state index is 6.01. The molecule has 0 bridgehead atoms. The Morgan fingerprint density at radius 3 is 2.71 bits per heavy atom. The van der Waals surface area contributed by atoms with Crippen molar-refractivity contribution in [2.45, 2.75) is 32.1 Å². The lowest BCUT2D eigenvalue weighted by Gasteiger charge is -2.29. The van der Waals surface area contributed by atoms with Gasteiger partial charge in [-0.15, -0.1) is 0 Å². The topological polar surface area (TPSA) is 68.1 Å². The van der Waals surface area contributed by atoms with Crippen LogP contribution in [0, 0.1) is 0 Å². The van der Waals surface area contributed by atoms with Gasteiger partial charge in [0.2, 0.25) is 5.95 Å². The third kappa shape index (κ3) is 4.68. The van der Waals surface area contributed by atoms with Gasteiger partial charge < -0.3 is 19.5 Å². The number of aromatic nitrogens is 4. The van der Waals surface area contributed by atoms with E-state index in [1.165, 1.54) is 11.1 Å². The Kier molecular flexibility index (Phi) is 6.59. The van der Waals surface area contributed by atoms with Crippen LogP contribution in [0.5, 0.6) is 5.75 Å². The smallest absolute Gasteiger partial charge is 0.229 e. The van der Waals surface area contributed by atoms with Crippen LogP contribution in [-0.2, 0) is 6.42 Å². The number of fused-ring (bicyclic) bond motifs is 1. The van der Waals surface area contributed by atoms with E-state index in [4.69, 9.17) is 26.3 Å². The van der Waals surface area contributed by atoms with E-state index in [0.29, 0.717) is 16.9 Å². The van der Waals surface area contributed by atoms with Crippen LogP contribution in [0.3, 0.4) is 0 Å². The van der Waals surface area contributed by atoms with Gasteiger partial charge in [0.25, 0.3) is 0 Å². The summed E-state index contributed by atoms with van der Waals surface area (Å²) in [7, 11) is 3.74. The molecule has 1 atom stereocenters. The lowest BCUT2D eigenvalue weighted by molar-refractivity contribution is 0.413. The third-order valence-corrected chi connectivity index (χ3v) is 6.77. The minimum atomic E-state index is 0.260. The first-order valence-electron chi connectivity index (χ1n) is 11.9. The van der Waals surface area contributed by atoms with Crippen molar-refractivity contribution in [3.63, 3.8) is 0 Å². The maximum atomic E-state index is 6.01. The second-order valence-corrected chi connectivity index (χ2v) is 9.11. The highest BCUT2D eigenvalue weighted by Crippen LogP contribution is 2.40. The van der Waals surface area contributed by atoms with Crippen molar-refractivity contribution in [3.05, 3.63) is 83.0 Å². The monoisotopic (exact) mass is 488 g/mol. The first-order valence-corrected chi connectivity index (χ1v) is 12.3. The molecule has 0 amide bonds. The van der Waals surface area contributed by atoms with Crippen LogP contribution in [0.4, 0.5) is 17.5 Å². The van der Waals surface area contributed by atoms with Crippen LogP contribution < -0.4 is 15.0 Å². The van der Waals surface area contributed by atoms with E-state index in [1.807, 2.05) is 22.8 Å². The summed E-state index contributed by atoms with van der Waals surface area (Å²) in [5.41, 5.74) is 5.36. The van der Waals surface area contributed by atoms with Crippen molar-refractivity contribution in [3.8, 4) is 11.4 Å². The van der Waals surface area contributed by atoms with E-state index in [-0.39, 0.29) is 5.92 Å². The van der Waals surface area contributed by atoms with E-state index in [2.05, 4.69) is 59.5 Å². The molecule has 2 heterocycles. The molecule has 0 fully saturated rings. The number of benzene rings is 2. The van der Waals surface area contributed by atoms with Crippen molar-refractivity contribution in [1.29, 1.82) is 0 Å². The van der Waals surface area contributed by atoms with E-state index >= 15 is 0 Å². The lowest BCUT2D eigenvalue weighted by atomic mass is 9.82. The van der Waals surface area contributed by atoms with Crippen molar-refractivity contribution in [2.24, 2.45) is 0 Å². The average molecular weight is 489 g/mol. The van der Waals surface area contributed by atoms with E-state index in [9.17, 15) is 0 Å². The number of rotatable bonds is 7.